The first-order chi connectivity index (χ1) is 7.89. The summed E-state index contributed by atoms with van der Waals surface area (Å²) in [5.74, 6) is -0.0842. The van der Waals surface area contributed by atoms with E-state index in [9.17, 15) is 4.79 Å². The average Bonchev–Trinajstić information content (AvgIpc) is 2.29. The molecule has 0 spiro atoms. The number of ether oxygens (including phenoxy) is 1. The minimum atomic E-state index is -0.0842. The molecule has 1 heterocycles. The molecule has 1 aliphatic heterocycles. The molecule has 0 aromatic rings. The highest BCUT2D eigenvalue weighted by molar-refractivity contribution is 5.69. The van der Waals surface area contributed by atoms with Gasteiger partial charge in [0.05, 0.1) is 0 Å². The summed E-state index contributed by atoms with van der Waals surface area (Å²) in [6, 6.07) is 0. The first-order valence-electron chi connectivity index (χ1n) is 6.00. The molecule has 0 fully saturated rings. The Labute approximate surface area is 97.7 Å². The van der Waals surface area contributed by atoms with Crippen LogP contribution in [-0.4, -0.2) is 12.6 Å². The van der Waals surface area contributed by atoms with Crippen molar-refractivity contribution in [2.45, 2.75) is 38.5 Å². The maximum Gasteiger partial charge on any atom is 0.306 e. The lowest BCUT2D eigenvalue weighted by Crippen LogP contribution is -2.03. The van der Waals surface area contributed by atoms with E-state index in [0.717, 1.165) is 32.1 Å². The topological polar surface area (TPSA) is 26.3 Å². The van der Waals surface area contributed by atoms with Gasteiger partial charge in [0.2, 0.25) is 0 Å². The van der Waals surface area contributed by atoms with Gasteiger partial charge >= 0.3 is 5.97 Å². The maximum absolute atomic E-state index is 11.2. The van der Waals surface area contributed by atoms with Gasteiger partial charge in [0.15, 0.2) is 0 Å². The van der Waals surface area contributed by atoms with E-state index in [-0.39, 0.29) is 5.97 Å². The van der Waals surface area contributed by atoms with E-state index in [2.05, 4.69) is 24.3 Å². The summed E-state index contributed by atoms with van der Waals surface area (Å²) in [5, 5.41) is 0. The maximum atomic E-state index is 11.2. The van der Waals surface area contributed by atoms with E-state index in [1.54, 1.807) is 0 Å². The molecule has 1 aliphatic rings. The highest BCUT2D eigenvalue weighted by Crippen LogP contribution is 2.03. The van der Waals surface area contributed by atoms with Crippen molar-refractivity contribution >= 4 is 5.97 Å². The summed E-state index contributed by atoms with van der Waals surface area (Å²) >= 11 is 0. The van der Waals surface area contributed by atoms with Crippen LogP contribution in [0.5, 0.6) is 0 Å². The molecule has 0 radical (unpaired) electrons. The molecular formula is C14H20O2. The Hall–Kier alpha value is -1.31. The number of hydrogen-bond donors (Lipinski definition) is 0. The number of hydrogen-bond acceptors (Lipinski definition) is 2. The Bertz CT molecular complexity index is 274. The molecular weight excluding hydrogens is 200 g/mol. The zero-order valence-corrected chi connectivity index (χ0v) is 9.73. The highest BCUT2D eigenvalue weighted by atomic mass is 16.5. The Morgan fingerprint density at radius 1 is 0.875 bits per heavy atom. The predicted octanol–water partition coefficient (Wildman–Crippen LogP) is 3.55. The van der Waals surface area contributed by atoms with Crippen LogP contribution in [0.15, 0.2) is 36.5 Å². The van der Waals surface area contributed by atoms with Crippen LogP contribution < -0.4 is 0 Å². The van der Waals surface area contributed by atoms with Gasteiger partial charge in [0.1, 0.15) is 6.61 Å². The SMILES string of the molecule is O=C1CCCC/C=C/C/C=C/C/C=C/CO1. The number of cyclic esters (lactones) is 1. The molecule has 2 heteroatoms. The third-order valence-corrected chi connectivity index (χ3v) is 2.39. The summed E-state index contributed by atoms with van der Waals surface area (Å²) in [7, 11) is 0. The Morgan fingerprint density at radius 2 is 1.56 bits per heavy atom. The average molecular weight is 220 g/mol. The van der Waals surface area contributed by atoms with Crippen molar-refractivity contribution in [2.24, 2.45) is 0 Å². The van der Waals surface area contributed by atoms with Crippen molar-refractivity contribution in [3.8, 4) is 0 Å². The Morgan fingerprint density at radius 3 is 2.38 bits per heavy atom. The number of carbonyl (C=O) groups is 1. The molecule has 0 aromatic heterocycles. The third kappa shape index (κ3) is 7.04. The van der Waals surface area contributed by atoms with E-state index in [0.29, 0.717) is 13.0 Å². The summed E-state index contributed by atoms with van der Waals surface area (Å²) in [6.07, 6.45) is 18.1. The lowest BCUT2D eigenvalue weighted by Gasteiger charge is -2.00. The molecule has 0 bridgehead atoms. The van der Waals surface area contributed by atoms with E-state index in [1.165, 1.54) is 0 Å². The van der Waals surface area contributed by atoms with Gasteiger partial charge in [-0.15, -0.1) is 0 Å². The van der Waals surface area contributed by atoms with Crippen LogP contribution in [0.3, 0.4) is 0 Å². The molecule has 0 unspecified atom stereocenters. The van der Waals surface area contributed by atoms with Crippen LogP contribution in [0.25, 0.3) is 0 Å². The third-order valence-electron chi connectivity index (χ3n) is 2.39. The molecule has 0 atom stereocenters. The fourth-order valence-corrected chi connectivity index (χ4v) is 1.47. The van der Waals surface area contributed by atoms with Crippen molar-refractivity contribution in [2.75, 3.05) is 6.61 Å². The van der Waals surface area contributed by atoms with Crippen LogP contribution in [0.2, 0.25) is 0 Å². The standard InChI is InChI=1S/C14H20O2/c15-14-12-10-8-6-4-2-1-3-5-7-9-11-13-16-14/h2-5,9,11H,1,6-8,10,12-13H2/b4-2+,5-3+,11-9+. The van der Waals surface area contributed by atoms with Gasteiger partial charge in [-0.2, -0.15) is 0 Å². The lowest BCUT2D eigenvalue weighted by atomic mass is 10.2. The Balaban J connectivity index is 2.35. The fourth-order valence-electron chi connectivity index (χ4n) is 1.47. The number of esters is 1. The smallest absolute Gasteiger partial charge is 0.306 e. The van der Waals surface area contributed by atoms with Gasteiger partial charge in [-0.05, 0) is 32.1 Å². The van der Waals surface area contributed by atoms with Crippen molar-refractivity contribution in [1.82, 2.24) is 0 Å². The van der Waals surface area contributed by atoms with Crippen LogP contribution in [0.1, 0.15) is 38.5 Å². The first-order valence-corrected chi connectivity index (χ1v) is 6.00. The van der Waals surface area contributed by atoms with Crippen molar-refractivity contribution < 1.29 is 9.53 Å². The highest BCUT2D eigenvalue weighted by Gasteiger charge is 2.00. The molecule has 0 aliphatic carbocycles. The van der Waals surface area contributed by atoms with Crippen LogP contribution >= 0.6 is 0 Å². The Kier molecular flexibility index (Phi) is 7.14. The van der Waals surface area contributed by atoms with Gasteiger partial charge < -0.3 is 4.74 Å². The van der Waals surface area contributed by atoms with E-state index < -0.39 is 0 Å². The van der Waals surface area contributed by atoms with E-state index >= 15 is 0 Å². The van der Waals surface area contributed by atoms with Gasteiger partial charge in [0.25, 0.3) is 0 Å². The zero-order valence-electron chi connectivity index (χ0n) is 9.73. The van der Waals surface area contributed by atoms with Gasteiger partial charge in [0, 0.05) is 6.42 Å². The molecule has 0 N–H and O–H groups in total. The second-order valence-electron chi connectivity index (χ2n) is 3.81. The monoisotopic (exact) mass is 220 g/mol. The molecule has 0 amide bonds. The van der Waals surface area contributed by atoms with Gasteiger partial charge in [-0.1, -0.05) is 36.5 Å². The summed E-state index contributed by atoms with van der Waals surface area (Å²) in [6.45, 7) is 0.408. The normalized spacial score (nSPS) is 25.9. The molecule has 0 saturated carbocycles. The second-order valence-corrected chi connectivity index (χ2v) is 3.81. The van der Waals surface area contributed by atoms with Gasteiger partial charge in [-0.3, -0.25) is 4.79 Å². The second kappa shape index (κ2) is 8.96. The fraction of sp³-hybridized carbons (Fsp3) is 0.500. The number of rotatable bonds is 0. The lowest BCUT2D eigenvalue weighted by molar-refractivity contribution is -0.142. The molecule has 2 nitrogen and oxygen atoms in total. The molecule has 0 saturated heterocycles. The van der Waals surface area contributed by atoms with Crippen LogP contribution in [-0.2, 0) is 9.53 Å². The quantitative estimate of drug-likeness (QED) is 0.461. The summed E-state index contributed by atoms with van der Waals surface area (Å²) in [4.78, 5) is 11.2. The zero-order chi connectivity index (χ0) is 11.5. The first kappa shape index (κ1) is 12.8. The van der Waals surface area contributed by atoms with Crippen LogP contribution in [0.4, 0.5) is 0 Å². The van der Waals surface area contributed by atoms with E-state index in [4.69, 9.17) is 4.74 Å². The molecule has 0 aromatic carbocycles. The summed E-state index contributed by atoms with van der Waals surface area (Å²) in [5.41, 5.74) is 0. The van der Waals surface area contributed by atoms with Crippen molar-refractivity contribution in [1.29, 1.82) is 0 Å². The summed E-state index contributed by atoms with van der Waals surface area (Å²) < 4.78 is 5.05. The van der Waals surface area contributed by atoms with Crippen molar-refractivity contribution in [3.63, 3.8) is 0 Å². The largest absolute Gasteiger partial charge is 0.461 e. The molecule has 88 valence electrons. The van der Waals surface area contributed by atoms with Gasteiger partial charge in [-0.25, -0.2) is 0 Å². The van der Waals surface area contributed by atoms with Crippen molar-refractivity contribution in [3.05, 3.63) is 36.5 Å². The minimum absolute atomic E-state index is 0.0842. The molecule has 1 rings (SSSR count). The minimum Gasteiger partial charge on any atom is -0.461 e. The predicted molar refractivity (Wildman–Crippen MR) is 66.1 cm³/mol. The number of carbonyl (C=O) groups excluding carboxylic acids is 1. The number of allylic oxidation sites excluding steroid dienone is 5. The molecule has 16 heavy (non-hydrogen) atoms. The van der Waals surface area contributed by atoms with Crippen LogP contribution in [0, 0.1) is 0 Å². The van der Waals surface area contributed by atoms with E-state index in [1.807, 2.05) is 12.2 Å².